The van der Waals surface area contributed by atoms with Gasteiger partial charge in [-0.25, -0.2) is 14.6 Å². The van der Waals surface area contributed by atoms with E-state index in [1.807, 2.05) is 36.4 Å². The zero-order chi connectivity index (χ0) is 31.9. The second kappa shape index (κ2) is 23.7. The topological polar surface area (TPSA) is 211 Å². The molecular formula is C31H44N4O8. The minimum atomic E-state index is -1.83. The Morgan fingerprint density at radius 1 is 0.791 bits per heavy atom. The van der Waals surface area contributed by atoms with Crippen molar-refractivity contribution in [3.63, 3.8) is 0 Å². The van der Waals surface area contributed by atoms with Crippen LogP contribution < -0.4 is 10.9 Å². The molecule has 0 saturated carbocycles. The average Bonchev–Trinajstić information content (AvgIpc) is 3.37. The third-order valence-electron chi connectivity index (χ3n) is 3.94. The molecule has 1 aromatic carbocycles. The van der Waals surface area contributed by atoms with Crippen LogP contribution in [-0.4, -0.2) is 47.9 Å². The highest BCUT2D eigenvalue weighted by atomic mass is 16.6. The normalized spacial score (nSPS) is 9.21. The molecule has 43 heavy (non-hydrogen) atoms. The molecule has 0 fully saturated rings. The Hall–Kier alpha value is -4.97. The van der Waals surface area contributed by atoms with E-state index in [4.69, 9.17) is 39.3 Å². The summed E-state index contributed by atoms with van der Waals surface area (Å²) < 4.78 is 11.1. The van der Waals surface area contributed by atoms with Gasteiger partial charge in [0, 0.05) is 42.7 Å². The first kappa shape index (κ1) is 40.2. The zero-order valence-electron chi connectivity index (χ0n) is 25.5. The third kappa shape index (κ3) is 24.5. The SMILES string of the molecule is CC(C)C.CC(C)C.N.O=C(O)O.O=C(O)O.c1ccc(OCc2ccc(Cc3cc(-c4cccnc4)on3)cc2)nc1. The Morgan fingerprint density at radius 3 is 1.79 bits per heavy atom. The van der Waals surface area contributed by atoms with Gasteiger partial charge in [0.05, 0.1) is 5.69 Å². The van der Waals surface area contributed by atoms with E-state index in [2.05, 4.69) is 80.9 Å². The number of ether oxygens (including phenoxy) is 1. The van der Waals surface area contributed by atoms with Crippen LogP contribution >= 0.6 is 0 Å². The number of pyridine rings is 2. The molecule has 3 aromatic heterocycles. The lowest BCUT2D eigenvalue weighted by Crippen LogP contribution is -1.97. The fourth-order valence-corrected chi connectivity index (χ4v) is 2.59. The number of carbonyl (C=O) groups is 2. The van der Waals surface area contributed by atoms with E-state index >= 15 is 0 Å². The fraction of sp³-hybridized carbons (Fsp3) is 0.323. The molecule has 0 unspecified atom stereocenters. The van der Waals surface area contributed by atoms with Crippen molar-refractivity contribution in [3.8, 4) is 17.2 Å². The first-order valence-electron chi connectivity index (χ1n) is 13.1. The summed E-state index contributed by atoms with van der Waals surface area (Å²) in [5, 5.41) is 32.0. The Morgan fingerprint density at radius 2 is 1.33 bits per heavy atom. The average molecular weight is 601 g/mol. The smallest absolute Gasteiger partial charge is 0.473 e. The second-order valence-electron chi connectivity index (χ2n) is 9.90. The summed E-state index contributed by atoms with van der Waals surface area (Å²) in [6, 6.07) is 19.7. The molecule has 0 aliphatic rings. The van der Waals surface area contributed by atoms with Crippen molar-refractivity contribution in [3.05, 3.63) is 96.1 Å². The third-order valence-corrected chi connectivity index (χ3v) is 3.94. The standard InChI is InChI=1S/C21H17N3O2.2C4H10.2CH2O3.H3N/c1-2-11-23-21(5-1)25-15-17-8-6-16(7-9-17)12-19-13-20(26-24-19)18-4-3-10-22-14-18;2*1-4(2)3;2*2-1(3)4;/h1-11,13-14H,12,15H2;2*4H,1-3H3;2*(H2,2,3,4);1H3. The molecule has 12 nitrogen and oxygen atoms in total. The molecule has 0 aliphatic heterocycles. The van der Waals surface area contributed by atoms with Crippen LogP contribution in [0.1, 0.15) is 58.4 Å². The first-order chi connectivity index (χ1) is 19.8. The van der Waals surface area contributed by atoms with Crippen molar-refractivity contribution in [2.24, 2.45) is 11.8 Å². The van der Waals surface area contributed by atoms with Crippen LogP contribution in [0.25, 0.3) is 11.3 Å². The summed E-state index contributed by atoms with van der Waals surface area (Å²) in [6.45, 7) is 13.5. The van der Waals surface area contributed by atoms with E-state index in [1.165, 1.54) is 0 Å². The van der Waals surface area contributed by atoms with Crippen molar-refractivity contribution in [2.75, 3.05) is 0 Å². The van der Waals surface area contributed by atoms with Gasteiger partial charge in [-0.2, -0.15) is 0 Å². The molecule has 0 amide bonds. The van der Waals surface area contributed by atoms with Crippen LogP contribution in [0.2, 0.25) is 0 Å². The fourth-order valence-electron chi connectivity index (χ4n) is 2.59. The molecule has 0 atom stereocenters. The maximum atomic E-state index is 8.56. The van der Waals surface area contributed by atoms with Gasteiger partial charge in [0.25, 0.3) is 0 Å². The Balaban J connectivity index is 0. The van der Waals surface area contributed by atoms with Crippen molar-refractivity contribution < 1.29 is 39.3 Å². The number of rotatable bonds is 6. The largest absolute Gasteiger partial charge is 0.503 e. The molecule has 0 radical (unpaired) electrons. The number of hydrogen-bond donors (Lipinski definition) is 5. The quantitative estimate of drug-likeness (QED) is 0.141. The number of carboxylic acid groups (broad SMARTS) is 4. The van der Waals surface area contributed by atoms with Crippen molar-refractivity contribution in [1.82, 2.24) is 21.3 Å². The summed E-state index contributed by atoms with van der Waals surface area (Å²) in [5.74, 6) is 3.02. The molecule has 3 heterocycles. The lowest BCUT2D eigenvalue weighted by Gasteiger charge is -2.05. The van der Waals surface area contributed by atoms with E-state index in [0.29, 0.717) is 18.9 Å². The number of nitrogens with zero attached hydrogens (tertiary/aromatic N) is 3. The number of hydrogen-bond acceptors (Lipinski definition) is 8. The lowest BCUT2D eigenvalue weighted by molar-refractivity contribution is 0.135. The van der Waals surface area contributed by atoms with Crippen LogP contribution in [0.3, 0.4) is 0 Å². The molecule has 0 aliphatic carbocycles. The lowest BCUT2D eigenvalue weighted by atomic mass is 10.1. The van der Waals surface area contributed by atoms with Gasteiger partial charge < -0.3 is 35.8 Å². The van der Waals surface area contributed by atoms with Crippen molar-refractivity contribution in [2.45, 2.75) is 54.6 Å². The molecule has 0 spiro atoms. The molecule has 7 N–H and O–H groups in total. The molecule has 236 valence electrons. The second-order valence-corrected chi connectivity index (χ2v) is 9.90. The van der Waals surface area contributed by atoms with E-state index in [9.17, 15) is 0 Å². The Labute approximate surface area is 252 Å². The van der Waals surface area contributed by atoms with Gasteiger partial charge >= 0.3 is 12.3 Å². The van der Waals surface area contributed by atoms with E-state index < -0.39 is 12.3 Å². The molecule has 0 saturated heterocycles. The van der Waals surface area contributed by atoms with Gasteiger partial charge in [-0.3, -0.25) is 4.98 Å². The van der Waals surface area contributed by atoms with E-state index in [1.54, 1.807) is 18.6 Å². The Bertz CT molecular complexity index is 1220. The predicted octanol–water partition coefficient (Wildman–Crippen LogP) is 8.23. The summed E-state index contributed by atoms with van der Waals surface area (Å²) >= 11 is 0. The molecular weight excluding hydrogens is 556 g/mol. The monoisotopic (exact) mass is 600 g/mol. The summed E-state index contributed by atoms with van der Waals surface area (Å²) in [7, 11) is 0. The highest BCUT2D eigenvalue weighted by Crippen LogP contribution is 2.20. The van der Waals surface area contributed by atoms with Crippen LogP contribution in [0.5, 0.6) is 5.88 Å². The van der Waals surface area contributed by atoms with Gasteiger partial charge in [0.15, 0.2) is 5.76 Å². The highest BCUT2D eigenvalue weighted by molar-refractivity contribution is 5.55. The van der Waals surface area contributed by atoms with Gasteiger partial charge in [0.2, 0.25) is 5.88 Å². The maximum absolute atomic E-state index is 8.56. The van der Waals surface area contributed by atoms with Crippen LogP contribution in [0.15, 0.2) is 83.8 Å². The minimum absolute atomic E-state index is 0. The predicted molar refractivity (Wildman–Crippen MR) is 165 cm³/mol. The van der Waals surface area contributed by atoms with E-state index in [0.717, 1.165) is 40.0 Å². The number of benzene rings is 1. The van der Waals surface area contributed by atoms with Crippen LogP contribution in [0.4, 0.5) is 9.59 Å². The zero-order valence-corrected chi connectivity index (χ0v) is 25.5. The number of aromatic nitrogens is 3. The van der Waals surface area contributed by atoms with Crippen LogP contribution in [-0.2, 0) is 13.0 Å². The van der Waals surface area contributed by atoms with Crippen molar-refractivity contribution in [1.29, 1.82) is 0 Å². The van der Waals surface area contributed by atoms with Gasteiger partial charge in [0.1, 0.15) is 6.61 Å². The molecule has 12 heteroatoms. The van der Waals surface area contributed by atoms with Crippen LogP contribution in [0, 0.1) is 11.8 Å². The molecule has 4 aromatic rings. The molecule has 0 bridgehead atoms. The Kier molecular flexibility index (Phi) is 22.1. The molecule has 4 rings (SSSR count). The van der Waals surface area contributed by atoms with Crippen molar-refractivity contribution >= 4 is 12.3 Å². The summed E-state index contributed by atoms with van der Waals surface area (Å²) in [4.78, 5) is 25.4. The summed E-state index contributed by atoms with van der Waals surface area (Å²) in [6.07, 6.45) is 2.27. The van der Waals surface area contributed by atoms with Gasteiger partial charge in [-0.1, -0.05) is 77.0 Å². The maximum Gasteiger partial charge on any atom is 0.503 e. The highest BCUT2D eigenvalue weighted by Gasteiger charge is 2.07. The minimum Gasteiger partial charge on any atom is -0.473 e. The van der Waals surface area contributed by atoms with Gasteiger partial charge in [-0.05, 0) is 41.2 Å². The first-order valence-corrected chi connectivity index (χ1v) is 13.1. The summed E-state index contributed by atoms with van der Waals surface area (Å²) in [5.41, 5.74) is 4.07. The van der Waals surface area contributed by atoms with Gasteiger partial charge in [-0.15, -0.1) is 0 Å². The van der Waals surface area contributed by atoms with E-state index in [-0.39, 0.29) is 6.15 Å².